The Bertz CT molecular complexity index is 314. The molecule has 0 bridgehead atoms. The predicted octanol–water partition coefficient (Wildman–Crippen LogP) is 3.86. The predicted molar refractivity (Wildman–Crippen MR) is 66.5 cm³/mol. The molecule has 0 aliphatic rings. The maximum Gasteiger partial charge on any atom is 0.138 e. The van der Waals surface area contributed by atoms with Crippen molar-refractivity contribution in [1.82, 2.24) is 0 Å². The van der Waals surface area contributed by atoms with Crippen molar-refractivity contribution in [2.45, 2.75) is 46.5 Å². The van der Waals surface area contributed by atoms with Gasteiger partial charge in [0.2, 0.25) is 0 Å². The lowest BCUT2D eigenvalue weighted by atomic mass is 10.0. The van der Waals surface area contributed by atoms with Crippen LogP contribution in [0.1, 0.15) is 43.4 Å². The summed E-state index contributed by atoms with van der Waals surface area (Å²) in [5.74, 6) is 0.914. The summed E-state index contributed by atoms with van der Waals surface area (Å²) >= 11 is 1.78. The van der Waals surface area contributed by atoms with Gasteiger partial charge in [-0.2, -0.15) is 0 Å². The third-order valence-corrected chi connectivity index (χ3v) is 3.94. The van der Waals surface area contributed by atoms with Gasteiger partial charge in [-0.1, -0.05) is 27.2 Å². The van der Waals surface area contributed by atoms with Gasteiger partial charge in [0.25, 0.3) is 0 Å². The average Bonchev–Trinajstić information content (AvgIpc) is 2.65. The highest BCUT2D eigenvalue weighted by Crippen LogP contribution is 2.19. The zero-order valence-corrected chi connectivity index (χ0v) is 10.7. The highest BCUT2D eigenvalue weighted by Gasteiger charge is 2.09. The molecule has 0 radical (unpaired) electrons. The number of carbonyl (C=O) groups excluding carboxylic acids is 1. The van der Waals surface area contributed by atoms with Gasteiger partial charge in [0, 0.05) is 22.6 Å². The molecule has 0 amide bonds. The van der Waals surface area contributed by atoms with Crippen LogP contribution in [0.5, 0.6) is 0 Å². The minimum absolute atomic E-state index is 0.383. The van der Waals surface area contributed by atoms with Crippen molar-refractivity contribution in [3.8, 4) is 0 Å². The summed E-state index contributed by atoms with van der Waals surface area (Å²) in [6, 6.07) is 4.23. The third-order valence-electron chi connectivity index (χ3n) is 2.71. The van der Waals surface area contributed by atoms with Crippen molar-refractivity contribution < 1.29 is 4.79 Å². The van der Waals surface area contributed by atoms with Crippen LogP contribution in [-0.4, -0.2) is 5.78 Å². The zero-order valence-electron chi connectivity index (χ0n) is 9.88. The molecule has 84 valence electrons. The molecule has 1 rings (SSSR count). The number of ketones is 1. The summed E-state index contributed by atoms with van der Waals surface area (Å²) in [5.41, 5.74) is 0. The van der Waals surface area contributed by atoms with Gasteiger partial charge >= 0.3 is 0 Å². The first-order valence-corrected chi connectivity index (χ1v) is 6.56. The quantitative estimate of drug-likeness (QED) is 0.717. The van der Waals surface area contributed by atoms with Crippen LogP contribution in [0.2, 0.25) is 0 Å². The minimum Gasteiger partial charge on any atom is -0.299 e. The van der Waals surface area contributed by atoms with E-state index < -0.39 is 0 Å². The fourth-order valence-electron chi connectivity index (χ4n) is 1.51. The van der Waals surface area contributed by atoms with Crippen molar-refractivity contribution in [2.75, 3.05) is 0 Å². The number of rotatable bonds is 6. The molecule has 1 heterocycles. The number of aryl methyl sites for hydroxylation is 1. The van der Waals surface area contributed by atoms with Crippen LogP contribution in [0.3, 0.4) is 0 Å². The molecule has 1 nitrogen and oxygen atoms in total. The smallest absolute Gasteiger partial charge is 0.138 e. The van der Waals surface area contributed by atoms with E-state index in [9.17, 15) is 4.79 Å². The second-order valence-corrected chi connectivity index (χ2v) is 5.41. The van der Waals surface area contributed by atoms with Gasteiger partial charge in [-0.3, -0.25) is 4.79 Å². The molecular formula is C13H20OS. The van der Waals surface area contributed by atoms with Gasteiger partial charge in [0.15, 0.2) is 0 Å². The second-order valence-electron chi connectivity index (χ2n) is 4.15. The number of carbonyl (C=O) groups is 1. The van der Waals surface area contributed by atoms with E-state index in [1.54, 1.807) is 11.3 Å². The molecule has 1 aromatic heterocycles. The molecule has 0 saturated heterocycles. The molecule has 0 aliphatic carbocycles. The van der Waals surface area contributed by atoms with E-state index in [1.807, 2.05) is 0 Å². The number of thiophene rings is 1. The first-order chi connectivity index (χ1) is 7.15. The Morgan fingerprint density at radius 3 is 2.53 bits per heavy atom. The average molecular weight is 224 g/mol. The second kappa shape index (κ2) is 6.06. The molecule has 1 unspecified atom stereocenters. The Morgan fingerprint density at radius 1 is 1.33 bits per heavy atom. The molecule has 0 spiro atoms. The first-order valence-electron chi connectivity index (χ1n) is 5.75. The summed E-state index contributed by atoms with van der Waals surface area (Å²) in [6.07, 6.45) is 3.53. The normalized spacial score (nSPS) is 12.7. The van der Waals surface area contributed by atoms with Gasteiger partial charge < -0.3 is 0 Å². The zero-order chi connectivity index (χ0) is 11.3. The molecule has 15 heavy (non-hydrogen) atoms. The third kappa shape index (κ3) is 4.17. The largest absolute Gasteiger partial charge is 0.299 e. The minimum atomic E-state index is 0.383. The lowest BCUT2D eigenvalue weighted by Crippen LogP contribution is -2.06. The Hall–Kier alpha value is -0.630. The van der Waals surface area contributed by atoms with Gasteiger partial charge in [-0.25, -0.2) is 0 Å². The van der Waals surface area contributed by atoms with Crippen LogP contribution < -0.4 is 0 Å². The molecular weight excluding hydrogens is 204 g/mol. The summed E-state index contributed by atoms with van der Waals surface area (Å²) in [6.45, 7) is 6.43. The molecule has 0 saturated carbocycles. The molecule has 2 heteroatoms. The lowest BCUT2D eigenvalue weighted by molar-refractivity contribution is -0.119. The van der Waals surface area contributed by atoms with E-state index in [-0.39, 0.29) is 0 Å². The van der Waals surface area contributed by atoms with Crippen LogP contribution >= 0.6 is 11.3 Å². The highest BCUT2D eigenvalue weighted by atomic mass is 32.1. The lowest BCUT2D eigenvalue weighted by Gasteiger charge is -2.05. The van der Waals surface area contributed by atoms with E-state index in [2.05, 4.69) is 32.9 Å². The topological polar surface area (TPSA) is 17.1 Å². The van der Waals surface area contributed by atoms with Crippen LogP contribution in [-0.2, 0) is 17.6 Å². The van der Waals surface area contributed by atoms with Crippen LogP contribution in [0, 0.1) is 5.92 Å². The summed E-state index contributed by atoms with van der Waals surface area (Å²) in [4.78, 5) is 14.3. The summed E-state index contributed by atoms with van der Waals surface area (Å²) in [7, 11) is 0. The maximum atomic E-state index is 11.7. The van der Waals surface area contributed by atoms with Crippen molar-refractivity contribution >= 4 is 17.1 Å². The van der Waals surface area contributed by atoms with Crippen molar-refractivity contribution in [2.24, 2.45) is 5.92 Å². The van der Waals surface area contributed by atoms with E-state index in [0.717, 1.165) is 19.3 Å². The van der Waals surface area contributed by atoms with Gasteiger partial charge in [0.1, 0.15) is 5.78 Å². The number of hydrogen-bond acceptors (Lipinski definition) is 2. The summed E-state index contributed by atoms with van der Waals surface area (Å²) < 4.78 is 0. The van der Waals surface area contributed by atoms with Crippen molar-refractivity contribution in [3.05, 3.63) is 21.9 Å². The molecule has 0 aromatic carbocycles. The SMILES string of the molecule is CCc1ccc(CC(=O)CC(C)CC)s1. The highest BCUT2D eigenvalue weighted by molar-refractivity contribution is 7.12. The Labute approximate surface area is 96.5 Å². The van der Waals surface area contributed by atoms with E-state index in [0.29, 0.717) is 18.1 Å². The number of Topliss-reactive ketones (excluding diaryl/α,β-unsaturated/α-hetero) is 1. The Balaban J connectivity index is 2.44. The molecule has 0 N–H and O–H groups in total. The van der Waals surface area contributed by atoms with E-state index >= 15 is 0 Å². The fraction of sp³-hybridized carbons (Fsp3) is 0.615. The molecule has 0 aliphatic heterocycles. The van der Waals surface area contributed by atoms with Crippen molar-refractivity contribution in [1.29, 1.82) is 0 Å². The Morgan fingerprint density at radius 2 is 2.00 bits per heavy atom. The molecule has 0 fully saturated rings. The molecule has 1 atom stereocenters. The standard InChI is InChI=1S/C13H20OS/c1-4-10(3)8-11(14)9-13-7-6-12(5-2)15-13/h6-7,10H,4-5,8-9H2,1-3H3. The fourth-order valence-corrected chi connectivity index (χ4v) is 2.49. The van der Waals surface area contributed by atoms with Crippen LogP contribution in [0.25, 0.3) is 0 Å². The molecule has 1 aromatic rings. The van der Waals surface area contributed by atoms with Gasteiger partial charge in [-0.05, 0) is 24.5 Å². The maximum absolute atomic E-state index is 11.7. The Kier molecular flexibility index (Phi) is 5.03. The van der Waals surface area contributed by atoms with E-state index in [4.69, 9.17) is 0 Å². The van der Waals surface area contributed by atoms with Crippen molar-refractivity contribution in [3.63, 3.8) is 0 Å². The number of hydrogen-bond donors (Lipinski definition) is 0. The monoisotopic (exact) mass is 224 g/mol. The van der Waals surface area contributed by atoms with Crippen LogP contribution in [0.15, 0.2) is 12.1 Å². The van der Waals surface area contributed by atoms with Crippen LogP contribution in [0.4, 0.5) is 0 Å². The first kappa shape index (κ1) is 12.4. The summed E-state index contributed by atoms with van der Waals surface area (Å²) in [5, 5.41) is 0. The van der Waals surface area contributed by atoms with Gasteiger partial charge in [-0.15, -0.1) is 11.3 Å². The van der Waals surface area contributed by atoms with Gasteiger partial charge in [0.05, 0.1) is 0 Å². The van der Waals surface area contributed by atoms with E-state index in [1.165, 1.54) is 9.75 Å².